The van der Waals surface area contributed by atoms with Gasteiger partial charge in [-0.3, -0.25) is 14.7 Å². The highest BCUT2D eigenvalue weighted by molar-refractivity contribution is 14.0. The largest absolute Gasteiger partial charge is 0.467 e. The third-order valence-electron chi connectivity index (χ3n) is 5.60. The number of morpholine rings is 1. The number of likely N-dealkylation sites (tertiary alicyclic amines) is 1. The fourth-order valence-corrected chi connectivity index (χ4v) is 4.10. The molecule has 3 heterocycles. The molecule has 2 aliphatic heterocycles. The highest BCUT2D eigenvalue weighted by Gasteiger charge is 2.41. The molecular formula is C22H30IN5O3. The van der Waals surface area contributed by atoms with Crippen LogP contribution in [0.25, 0.3) is 0 Å². The lowest BCUT2D eigenvalue weighted by Crippen LogP contribution is -2.50. The Bertz CT molecular complexity index is 846. The van der Waals surface area contributed by atoms with Gasteiger partial charge in [-0.15, -0.1) is 24.0 Å². The zero-order chi connectivity index (χ0) is 20.8. The van der Waals surface area contributed by atoms with Crippen LogP contribution in [0.1, 0.15) is 11.3 Å². The van der Waals surface area contributed by atoms with Gasteiger partial charge in [0.15, 0.2) is 5.96 Å². The number of rotatable bonds is 6. The summed E-state index contributed by atoms with van der Waals surface area (Å²) in [7, 11) is 1.74. The molecule has 0 radical (unpaired) electrons. The summed E-state index contributed by atoms with van der Waals surface area (Å²) in [4.78, 5) is 21.2. The molecule has 2 atom stereocenters. The molecule has 2 aliphatic rings. The molecule has 2 fully saturated rings. The van der Waals surface area contributed by atoms with E-state index in [1.54, 1.807) is 19.4 Å². The predicted molar refractivity (Wildman–Crippen MR) is 129 cm³/mol. The van der Waals surface area contributed by atoms with Crippen molar-refractivity contribution in [2.75, 3.05) is 39.8 Å². The minimum atomic E-state index is -0.105. The van der Waals surface area contributed by atoms with Gasteiger partial charge in [0, 0.05) is 33.2 Å². The average Bonchev–Trinajstić information content (AvgIpc) is 3.44. The monoisotopic (exact) mass is 539 g/mol. The zero-order valence-corrected chi connectivity index (χ0v) is 20.0. The lowest BCUT2D eigenvalue weighted by molar-refractivity contribution is -0.120. The number of benzene rings is 1. The Morgan fingerprint density at radius 2 is 2.00 bits per heavy atom. The number of hydrogen-bond acceptors (Lipinski definition) is 5. The molecule has 2 saturated heterocycles. The molecule has 2 aromatic rings. The Balaban J connectivity index is 0.00000272. The Kier molecular flexibility index (Phi) is 8.73. The number of carbonyl (C=O) groups is 1. The lowest BCUT2D eigenvalue weighted by Gasteiger charge is -2.36. The van der Waals surface area contributed by atoms with Gasteiger partial charge in [0.1, 0.15) is 5.76 Å². The topological polar surface area (TPSA) is 82.3 Å². The maximum Gasteiger partial charge on any atom is 0.239 e. The molecular weight excluding hydrogens is 509 g/mol. The number of nitrogens with zero attached hydrogens (tertiary/aromatic N) is 3. The van der Waals surface area contributed by atoms with Gasteiger partial charge in [-0.05, 0) is 17.7 Å². The zero-order valence-electron chi connectivity index (χ0n) is 17.7. The Morgan fingerprint density at radius 1 is 1.16 bits per heavy atom. The second-order valence-electron chi connectivity index (χ2n) is 7.59. The second-order valence-corrected chi connectivity index (χ2v) is 7.59. The Labute approximate surface area is 200 Å². The van der Waals surface area contributed by atoms with Crippen molar-refractivity contribution in [3.8, 4) is 0 Å². The van der Waals surface area contributed by atoms with Crippen LogP contribution in [0.15, 0.2) is 58.1 Å². The van der Waals surface area contributed by atoms with E-state index in [2.05, 4.69) is 49.7 Å². The highest BCUT2D eigenvalue weighted by Crippen LogP contribution is 2.24. The summed E-state index contributed by atoms with van der Waals surface area (Å²) in [6, 6.07) is 14.5. The highest BCUT2D eigenvalue weighted by atomic mass is 127. The van der Waals surface area contributed by atoms with E-state index in [9.17, 15) is 4.79 Å². The lowest BCUT2D eigenvalue weighted by atomic mass is 10.1. The van der Waals surface area contributed by atoms with Gasteiger partial charge in [0.2, 0.25) is 5.91 Å². The van der Waals surface area contributed by atoms with Crippen molar-refractivity contribution < 1.29 is 13.9 Å². The molecule has 0 bridgehead atoms. The van der Waals surface area contributed by atoms with E-state index in [1.165, 1.54) is 5.56 Å². The van der Waals surface area contributed by atoms with Gasteiger partial charge in [-0.2, -0.15) is 0 Å². The van der Waals surface area contributed by atoms with Crippen LogP contribution in [0.3, 0.4) is 0 Å². The SMILES string of the molecule is CN=C(NCC(=O)NCc1ccco1)N1CC2OCCN(Cc3ccccc3)C2C1.I. The minimum Gasteiger partial charge on any atom is -0.467 e. The summed E-state index contributed by atoms with van der Waals surface area (Å²) < 4.78 is 11.3. The maximum absolute atomic E-state index is 12.2. The number of fused-ring (bicyclic) bond motifs is 1. The summed E-state index contributed by atoms with van der Waals surface area (Å²) >= 11 is 0. The number of aliphatic imine (C=N–C) groups is 1. The quantitative estimate of drug-likeness (QED) is 0.331. The van der Waals surface area contributed by atoms with Crippen molar-refractivity contribution in [1.82, 2.24) is 20.4 Å². The summed E-state index contributed by atoms with van der Waals surface area (Å²) in [6.45, 7) is 4.71. The smallest absolute Gasteiger partial charge is 0.239 e. The third kappa shape index (κ3) is 6.20. The van der Waals surface area contributed by atoms with Crippen molar-refractivity contribution in [3.05, 3.63) is 60.1 Å². The molecule has 1 amide bonds. The molecule has 1 aromatic heterocycles. The first-order chi connectivity index (χ1) is 14.7. The van der Waals surface area contributed by atoms with Crippen LogP contribution >= 0.6 is 24.0 Å². The number of amides is 1. The van der Waals surface area contributed by atoms with Crippen LogP contribution in [-0.4, -0.2) is 73.6 Å². The van der Waals surface area contributed by atoms with Gasteiger partial charge >= 0.3 is 0 Å². The normalized spacial score (nSPS) is 21.3. The van der Waals surface area contributed by atoms with E-state index in [1.807, 2.05) is 12.1 Å². The van der Waals surface area contributed by atoms with Gasteiger partial charge in [0.05, 0.1) is 38.1 Å². The number of halogens is 1. The first kappa shape index (κ1) is 23.6. The van der Waals surface area contributed by atoms with Gasteiger partial charge in [0.25, 0.3) is 0 Å². The fourth-order valence-electron chi connectivity index (χ4n) is 4.10. The molecule has 1 aromatic carbocycles. The number of furan rings is 1. The summed E-state index contributed by atoms with van der Waals surface area (Å²) in [5.41, 5.74) is 1.31. The standard InChI is InChI=1S/C22H29N5O3.HI/c1-23-22(25-13-21(28)24-12-18-8-5-10-29-18)27-15-19-20(16-27)30-11-9-26(19)14-17-6-3-2-4-7-17;/h2-8,10,19-20H,9,11-16H2,1H3,(H,23,25)(H,24,28);1H. The van der Waals surface area contributed by atoms with Crippen LogP contribution in [-0.2, 0) is 22.6 Å². The average molecular weight is 539 g/mol. The van der Waals surface area contributed by atoms with E-state index in [0.717, 1.165) is 44.5 Å². The Hall–Kier alpha value is -2.11. The van der Waals surface area contributed by atoms with E-state index < -0.39 is 0 Å². The molecule has 9 heteroatoms. The van der Waals surface area contributed by atoms with E-state index in [-0.39, 0.29) is 42.5 Å². The summed E-state index contributed by atoms with van der Waals surface area (Å²) in [5.74, 6) is 1.35. The summed E-state index contributed by atoms with van der Waals surface area (Å²) in [6.07, 6.45) is 1.74. The van der Waals surface area contributed by atoms with E-state index in [4.69, 9.17) is 9.15 Å². The maximum atomic E-state index is 12.2. The molecule has 0 saturated carbocycles. The molecule has 0 aliphatic carbocycles. The van der Waals surface area contributed by atoms with Crippen molar-refractivity contribution in [1.29, 1.82) is 0 Å². The van der Waals surface area contributed by atoms with Crippen LogP contribution in [0, 0.1) is 0 Å². The third-order valence-corrected chi connectivity index (χ3v) is 5.60. The van der Waals surface area contributed by atoms with Crippen LogP contribution in [0.5, 0.6) is 0 Å². The van der Waals surface area contributed by atoms with Gasteiger partial charge < -0.3 is 24.7 Å². The second kappa shape index (κ2) is 11.5. The molecule has 2 unspecified atom stereocenters. The van der Waals surface area contributed by atoms with Crippen molar-refractivity contribution in [3.63, 3.8) is 0 Å². The van der Waals surface area contributed by atoms with Crippen LogP contribution in [0.2, 0.25) is 0 Å². The van der Waals surface area contributed by atoms with E-state index in [0.29, 0.717) is 12.6 Å². The van der Waals surface area contributed by atoms with Crippen molar-refractivity contribution in [2.24, 2.45) is 4.99 Å². The van der Waals surface area contributed by atoms with Crippen LogP contribution in [0.4, 0.5) is 0 Å². The number of hydrogen-bond donors (Lipinski definition) is 2. The Morgan fingerprint density at radius 3 is 2.74 bits per heavy atom. The predicted octanol–water partition coefficient (Wildman–Crippen LogP) is 1.67. The number of guanidine groups is 1. The van der Waals surface area contributed by atoms with Gasteiger partial charge in [-0.1, -0.05) is 30.3 Å². The molecule has 4 rings (SSSR count). The first-order valence-electron chi connectivity index (χ1n) is 10.4. The minimum absolute atomic E-state index is 0. The fraction of sp³-hybridized carbons (Fsp3) is 0.455. The molecule has 0 spiro atoms. The van der Waals surface area contributed by atoms with Crippen LogP contribution < -0.4 is 10.6 Å². The molecule has 2 N–H and O–H groups in total. The first-order valence-corrected chi connectivity index (χ1v) is 10.4. The summed E-state index contributed by atoms with van der Waals surface area (Å²) in [5, 5.41) is 6.01. The van der Waals surface area contributed by atoms with E-state index >= 15 is 0 Å². The van der Waals surface area contributed by atoms with Gasteiger partial charge in [-0.25, -0.2) is 0 Å². The number of nitrogens with one attached hydrogen (secondary N) is 2. The molecule has 168 valence electrons. The number of ether oxygens (including phenoxy) is 1. The number of carbonyl (C=O) groups excluding carboxylic acids is 1. The molecule has 31 heavy (non-hydrogen) atoms. The van der Waals surface area contributed by atoms with Crippen molar-refractivity contribution in [2.45, 2.75) is 25.2 Å². The van der Waals surface area contributed by atoms with Crippen molar-refractivity contribution >= 4 is 35.8 Å². The molecule has 8 nitrogen and oxygen atoms in total.